The van der Waals surface area contributed by atoms with E-state index in [0.717, 1.165) is 31.0 Å². The lowest BCUT2D eigenvalue weighted by atomic mass is 9.86. The number of hydrogen-bond acceptors (Lipinski definition) is 6. The predicted octanol–water partition coefficient (Wildman–Crippen LogP) is 3.10. The third-order valence-electron chi connectivity index (χ3n) is 5.17. The summed E-state index contributed by atoms with van der Waals surface area (Å²) in [5.41, 5.74) is 0.357. The maximum absolute atomic E-state index is 12.3. The van der Waals surface area contributed by atoms with E-state index in [-0.39, 0.29) is 23.3 Å². The standard InChI is InChI=1S/C21H24N4O3S/c1-13-5-3-4-6-17(13)23-18(26)12-29-21-24-19(16(11-22)20(27)25-21)14-7-9-15(28-2)10-8-14/h7-10,13,17H,3-6,12H2,1-2H3,(H,23,26)(H,24,25,27). The molecule has 1 amide bonds. The number of carbonyl (C=O) groups excluding carboxylic acids is 1. The summed E-state index contributed by atoms with van der Waals surface area (Å²) in [6, 6.07) is 9.09. The van der Waals surface area contributed by atoms with Crippen molar-refractivity contribution in [3.05, 3.63) is 40.2 Å². The molecule has 1 aromatic heterocycles. The average Bonchev–Trinajstić information content (AvgIpc) is 2.73. The molecule has 1 saturated carbocycles. The van der Waals surface area contributed by atoms with Gasteiger partial charge in [0.05, 0.1) is 18.6 Å². The molecule has 1 aliphatic rings. The number of thioether (sulfide) groups is 1. The van der Waals surface area contributed by atoms with Gasteiger partial charge in [-0.05, 0) is 43.0 Å². The molecule has 0 aliphatic heterocycles. The molecule has 1 heterocycles. The fraction of sp³-hybridized carbons (Fsp3) is 0.429. The summed E-state index contributed by atoms with van der Waals surface area (Å²) < 4.78 is 5.14. The van der Waals surface area contributed by atoms with Crippen LogP contribution in [-0.2, 0) is 4.79 Å². The Hall–Kier alpha value is -2.79. The summed E-state index contributed by atoms with van der Waals surface area (Å²) >= 11 is 1.16. The van der Waals surface area contributed by atoms with E-state index < -0.39 is 5.56 Å². The molecule has 8 heteroatoms. The van der Waals surface area contributed by atoms with E-state index in [1.165, 1.54) is 6.42 Å². The highest BCUT2D eigenvalue weighted by Gasteiger charge is 2.23. The van der Waals surface area contributed by atoms with E-state index in [0.29, 0.717) is 28.1 Å². The monoisotopic (exact) mass is 412 g/mol. The smallest absolute Gasteiger partial charge is 0.270 e. The number of H-pyrrole nitrogens is 1. The van der Waals surface area contributed by atoms with E-state index in [4.69, 9.17) is 4.74 Å². The van der Waals surface area contributed by atoms with Gasteiger partial charge in [-0.2, -0.15) is 5.26 Å². The number of carbonyl (C=O) groups is 1. The summed E-state index contributed by atoms with van der Waals surface area (Å²) in [6.45, 7) is 2.16. The van der Waals surface area contributed by atoms with Gasteiger partial charge in [0.2, 0.25) is 5.91 Å². The van der Waals surface area contributed by atoms with Crippen molar-refractivity contribution >= 4 is 17.7 Å². The zero-order valence-electron chi connectivity index (χ0n) is 16.5. The molecule has 29 heavy (non-hydrogen) atoms. The average molecular weight is 413 g/mol. The van der Waals surface area contributed by atoms with Gasteiger partial charge in [-0.3, -0.25) is 9.59 Å². The number of hydrogen-bond donors (Lipinski definition) is 2. The Morgan fingerprint density at radius 2 is 2.07 bits per heavy atom. The number of ether oxygens (including phenoxy) is 1. The minimum absolute atomic E-state index is 0.0556. The number of aromatic amines is 1. The summed E-state index contributed by atoms with van der Waals surface area (Å²) in [6.07, 6.45) is 4.49. The molecule has 0 saturated heterocycles. The number of aromatic nitrogens is 2. The van der Waals surface area contributed by atoms with Crippen LogP contribution in [0.3, 0.4) is 0 Å². The molecule has 7 nitrogen and oxygen atoms in total. The van der Waals surface area contributed by atoms with E-state index in [1.807, 2.05) is 6.07 Å². The van der Waals surface area contributed by atoms with Crippen molar-refractivity contribution in [2.24, 2.45) is 5.92 Å². The van der Waals surface area contributed by atoms with Crippen LogP contribution in [0.4, 0.5) is 0 Å². The van der Waals surface area contributed by atoms with E-state index >= 15 is 0 Å². The van der Waals surface area contributed by atoms with Crippen LogP contribution in [0.1, 0.15) is 38.2 Å². The number of nitrogens with zero attached hydrogens (tertiary/aromatic N) is 2. The summed E-state index contributed by atoms with van der Waals surface area (Å²) in [5, 5.41) is 12.8. The van der Waals surface area contributed by atoms with Crippen LogP contribution in [0.15, 0.2) is 34.2 Å². The number of nitrogens with one attached hydrogen (secondary N) is 2. The van der Waals surface area contributed by atoms with Crippen molar-refractivity contribution in [1.29, 1.82) is 5.26 Å². The first-order valence-corrected chi connectivity index (χ1v) is 10.6. The van der Waals surface area contributed by atoms with Crippen LogP contribution in [0, 0.1) is 17.2 Å². The van der Waals surface area contributed by atoms with Crippen molar-refractivity contribution in [2.75, 3.05) is 12.9 Å². The minimum atomic E-state index is -0.517. The normalized spacial score (nSPS) is 18.7. The second-order valence-corrected chi connectivity index (χ2v) is 8.12. The molecule has 1 aliphatic carbocycles. The molecule has 0 spiro atoms. The highest BCUT2D eigenvalue weighted by atomic mass is 32.2. The molecule has 2 unspecified atom stereocenters. The van der Waals surface area contributed by atoms with Crippen molar-refractivity contribution in [2.45, 2.75) is 43.8 Å². The van der Waals surface area contributed by atoms with Crippen LogP contribution < -0.4 is 15.6 Å². The molecule has 2 aromatic rings. The third-order valence-corrected chi connectivity index (χ3v) is 6.04. The molecular weight excluding hydrogens is 388 g/mol. The van der Waals surface area contributed by atoms with Crippen LogP contribution >= 0.6 is 11.8 Å². The zero-order chi connectivity index (χ0) is 20.8. The van der Waals surface area contributed by atoms with Crippen LogP contribution in [0.2, 0.25) is 0 Å². The van der Waals surface area contributed by atoms with Crippen molar-refractivity contribution in [1.82, 2.24) is 15.3 Å². The molecule has 0 radical (unpaired) electrons. The predicted molar refractivity (Wildman–Crippen MR) is 112 cm³/mol. The van der Waals surface area contributed by atoms with Gasteiger partial charge in [0.15, 0.2) is 5.16 Å². The summed E-state index contributed by atoms with van der Waals surface area (Å²) in [5.74, 6) is 1.22. The topological polar surface area (TPSA) is 108 Å². The Morgan fingerprint density at radius 3 is 2.72 bits per heavy atom. The molecule has 2 atom stereocenters. The minimum Gasteiger partial charge on any atom is -0.497 e. The fourth-order valence-corrected chi connectivity index (χ4v) is 4.17. The van der Waals surface area contributed by atoms with E-state index in [2.05, 4.69) is 22.2 Å². The first-order valence-electron chi connectivity index (χ1n) is 9.63. The Morgan fingerprint density at radius 1 is 1.34 bits per heavy atom. The van der Waals surface area contributed by atoms with Crippen LogP contribution in [0.5, 0.6) is 5.75 Å². The third kappa shape index (κ3) is 5.18. The molecule has 152 valence electrons. The molecule has 1 aromatic carbocycles. The van der Waals surface area contributed by atoms with Gasteiger partial charge in [0.25, 0.3) is 5.56 Å². The fourth-order valence-electron chi connectivity index (χ4n) is 3.50. The maximum Gasteiger partial charge on any atom is 0.270 e. The van der Waals surface area contributed by atoms with Gasteiger partial charge < -0.3 is 15.0 Å². The summed E-state index contributed by atoms with van der Waals surface area (Å²) in [4.78, 5) is 31.7. The number of amides is 1. The number of rotatable bonds is 6. The first kappa shape index (κ1) is 20.9. The van der Waals surface area contributed by atoms with Gasteiger partial charge in [0.1, 0.15) is 17.4 Å². The lowest BCUT2D eigenvalue weighted by molar-refractivity contribution is -0.119. The van der Waals surface area contributed by atoms with Crippen LogP contribution in [-0.4, -0.2) is 34.8 Å². The van der Waals surface area contributed by atoms with Gasteiger partial charge in [-0.1, -0.05) is 31.5 Å². The lowest BCUT2D eigenvalue weighted by Gasteiger charge is -2.29. The largest absolute Gasteiger partial charge is 0.497 e. The van der Waals surface area contributed by atoms with Gasteiger partial charge in [0, 0.05) is 11.6 Å². The van der Waals surface area contributed by atoms with Crippen molar-refractivity contribution < 1.29 is 9.53 Å². The highest BCUT2D eigenvalue weighted by Crippen LogP contribution is 2.25. The zero-order valence-corrected chi connectivity index (χ0v) is 17.3. The highest BCUT2D eigenvalue weighted by molar-refractivity contribution is 7.99. The van der Waals surface area contributed by atoms with Gasteiger partial charge in [-0.25, -0.2) is 4.98 Å². The Labute approximate surface area is 173 Å². The van der Waals surface area contributed by atoms with Crippen molar-refractivity contribution in [3.8, 4) is 23.1 Å². The SMILES string of the molecule is COc1ccc(-c2nc(SCC(=O)NC3CCCCC3C)[nH]c(=O)c2C#N)cc1. The Bertz CT molecular complexity index is 965. The maximum atomic E-state index is 12.3. The molecule has 1 fully saturated rings. The number of benzene rings is 1. The molecule has 2 N–H and O–H groups in total. The number of nitriles is 1. The van der Waals surface area contributed by atoms with Gasteiger partial charge >= 0.3 is 0 Å². The Balaban J connectivity index is 1.74. The second-order valence-electron chi connectivity index (χ2n) is 7.16. The van der Waals surface area contributed by atoms with E-state index in [9.17, 15) is 14.9 Å². The summed E-state index contributed by atoms with van der Waals surface area (Å²) in [7, 11) is 1.56. The Kier molecular flexibility index (Phi) is 6.94. The second kappa shape index (κ2) is 9.61. The lowest BCUT2D eigenvalue weighted by Crippen LogP contribution is -2.41. The van der Waals surface area contributed by atoms with Gasteiger partial charge in [-0.15, -0.1) is 0 Å². The molecular formula is C21H24N4O3S. The first-order chi connectivity index (χ1) is 14.0. The molecule has 0 bridgehead atoms. The van der Waals surface area contributed by atoms with Crippen LogP contribution in [0.25, 0.3) is 11.3 Å². The number of methoxy groups -OCH3 is 1. The van der Waals surface area contributed by atoms with Crippen molar-refractivity contribution in [3.63, 3.8) is 0 Å². The molecule has 3 rings (SSSR count). The van der Waals surface area contributed by atoms with E-state index in [1.54, 1.807) is 31.4 Å². The quantitative estimate of drug-likeness (QED) is 0.558.